The monoisotopic (exact) mass is 931 g/mol. The standard InChI is InChI=1S/C52H62ClN7O5S/c1-31(33-14-16-35(17-15-33)45-32(2)54-30-66-45)55-47(63)42-28-37(61)29-59(42)49(65)46(51(3,4)5)56-43(62)13-10-24-58-25-20-34(21-26-58)36-18-19-40-38(27-36)52(22-7-6-8-23-52)50-57-48(64)44-39(53)11-9-12-41(44)60(40)50/h9,11-12,14-19,27,30-31,34,37,42,46,61H,6-8,10,13,20-26,28-29H2,1-5H3,(H,55,63)(H,56,62)/t31-,37+,42-,46+/m0/s1. The number of nitrogens with zero attached hydrogens (tertiary/aromatic N) is 5. The lowest BCUT2D eigenvalue weighted by atomic mass is 9.69. The molecular formula is C52H62ClN7O5S. The molecule has 9 rings (SSSR count). The van der Waals surface area contributed by atoms with Crippen molar-refractivity contribution in [3.8, 4) is 16.1 Å². The molecule has 5 aromatic rings. The number of fused-ring (bicyclic) bond motifs is 7. The quantitative estimate of drug-likeness (QED) is 0.120. The lowest BCUT2D eigenvalue weighted by molar-refractivity contribution is -0.144. The number of rotatable bonds is 11. The molecule has 1 saturated carbocycles. The van der Waals surface area contributed by atoms with Gasteiger partial charge in [0.25, 0.3) is 5.56 Å². The fourth-order valence-electron chi connectivity index (χ4n) is 11.1. The summed E-state index contributed by atoms with van der Waals surface area (Å²) < 4.78 is 2.20. The van der Waals surface area contributed by atoms with Crippen LogP contribution < -0.4 is 16.2 Å². The molecule has 348 valence electrons. The van der Waals surface area contributed by atoms with Crippen LogP contribution in [0, 0.1) is 12.3 Å². The molecule has 3 aliphatic heterocycles. The molecular weight excluding hydrogens is 870 g/mol. The molecule has 1 spiro atoms. The van der Waals surface area contributed by atoms with Crippen molar-refractivity contribution in [1.82, 2.24) is 35.0 Å². The van der Waals surface area contributed by atoms with Crippen LogP contribution in [-0.2, 0) is 19.8 Å². The van der Waals surface area contributed by atoms with Crippen LogP contribution in [0.4, 0.5) is 0 Å². The van der Waals surface area contributed by atoms with E-state index in [1.807, 2.05) is 76.5 Å². The van der Waals surface area contributed by atoms with Gasteiger partial charge in [0.2, 0.25) is 17.7 Å². The van der Waals surface area contributed by atoms with Gasteiger partial charge in [0.05, 0.1) is 55.3 Å². The highest BCUT2D eigenvalue weighted by Crippen LogP contribution is 2.52. The summed E-state index contributed by atoms with van der Waals surface area (Å²) in [5, 5.41) is 17.7. The second-order valence-corrected chi connectivity index (χ2v) is 21.5. The van der Waals surface area contributed by atoms with Gasteiger partial charge in [-0.1, -0.05) is 94.1 Å². The zero-order valence-corrected chi connectivity index (χ0v) is 40.3. The molecule has 3 fully saturated rings. The molecule has 0 bridgehead atoms. The lowest BCUT2D eigenvalue weighted by Crippen LogP contribution is -2.57. The third-order valence-corrected chi connectivity index (χ3v) is 16.1. The lowest BCUT2D eigenvalue weighted by Gasteiger charge is -2.36. The van der Waals surface area contributed by atoms with Crippen LogP contribution in [0.15, 0.2) is 71.0 Å². The molecule has 3 N–H and O–H groups in total. The second kappa shape index (κ2) is 18.6. The number of thiazole rings is 1. The number of aryl methyl sites for hydroxylation is 1. The number of amides is 3. The van der Waals surface area contributed by atoms with E-state index < -0.39 is 23.6 Å². The number of likely N-dealkylation sites (tertiary alicyclic amines) is 2. The average molecular weight is 933 g/mol. The van der Waals surface area contributed by atoms with Crippen LogP contribution in [0.1, 0.15) is 132 Å². The number of aromatic nitrogens is 3. The summed E-state index contributed by atoms with van der Waals surface area (Å²) in [6, 6.07) is 18.5. The number of hydrogen-bond acceptors (Lipinski definition) is 9. The SMILES string of the molecule is Cc1ncsc1-c1ccc([C@H](C)NC(=O)[C@@H]2C[C@@H](O)CN2C(=O)[C@@H](NC(=O)CCCN2CCC(c3ccc4c(c3)C3(CCCCC3)c3nc(=O)c5c(Cl)cccc5n3-4)CC2)C(C)(C)C)cc1. The first-order valence-corrected chi connectivity index (χ1v) is 25.1. The van der Waals surface area contributed by atoms with E-state index in [0.29, 0.717) is 22.7 Å². The third kappa shape index (κ3) is 8.84. The van der Waals surface area contributed by atoms with Crippen molar-refractivity contribution in [2.45, 2.75) is 134 Å². The number of carbonyl (C=O) groups excluding carboxylic acids is 3. The molecule has 2 saturated heterocycles. The second-order valence-electron chi connectivity index (χ2n) is 20.2. The van der Waals surface area contributed by atoms with Gasteiger partial charge in [-0.25, -0.2) is 4.98 Å². The molecule has 1 aliphatic carbocycles. The van der Waals surface area contributed by atoms with Gasteiger partial charge in [0.15, 0.2) is 0 Å². The number of carbonyl (C=O) groups is 3. The number of benzene rings is 3. The summed E-state index contributed by atoms with van der Waals surface area (Å²) in [5.41, 5.74) is 8.17. The molecule has 0 unspecified atom stereocenters. The molecule has 66 heavy (non-hydrogen) atoms. The molecule has 4 aliphatic rings. The minimum atomic E-state index is -0.873. The Morgan fingerprint density at radius 2 is 1.74 bits per heavy atom. The Morgan fingerprint density at radius 1 is 1.00 bits per heavy atom. The van der Waals surface area contributed by atoms with Crippen molar-refractivity contribution in [1.29, 1.82) is 0 Å². The Kier molecular flexibility index (Phi) is 13.0. The van der Waals surface area contributed by atoms with Crippen molar-refractivity contribution in [2.75, 3.05) is 26.2 Å². The largest absolute Gasteiger partial charge is 0.391 e. The maximum absolute atomic E-state index is 14.3. The Labute approximate surface area is 396 Å². The van der Waals surface area contributed by atoms with Gasteiger partial charge in [-0.2, -0.15) is 4.98 Å². The molecule has 3 amide bonds. The average Bonchev–Trinajstić information content (AvgIpc) is 3.99. The van der Waals surface area contributed by atoms with E-state index in [9.17, 15) is 24.3 Å². The Bertz CT molecular complexity index is 2700. The fraction of sp³-hybridized carbons (Fsp3) is 0.500. The number of nitrogens with one attached hydrogen (secondary N) is 2. The number of halogens is 1. The van der Waals surface area contributed by atoms with Gasteiger partial charge in [-0.15, -0.1) is 11.3 Å². The topological polar surface area (TPSA) is 150 Å². The molecule has 3 aromatic carbocycles. The first-order valence-electron chi connectivity index (χ1n) is 23.8. The van der Waals surface area contributed by atoms with Crippen LogP contribution in [0.3, 0.4) is 0 Å². The zero-order chi connectivity index (χ0) is 46.5. The van der Waals surface area contributed by atoms with Crippen LogP contribution in [0.25, 0.3) is 27.0 Å². The first-order chi connectivity index (χ1) is 31.6. The van der Waals surface area contributed by atoms with Crippen LogP contribution in [-0.4, -0.2) is 91.5 Å². The van der Waals surface area contributed by atoms with Crippen molar-refractivity contribution in [3.63, 3.8) is 0 Å². The van der Waals surface area contributed by atoms with Crippen LogP contribution >= 0.6 is 22.9 Å². The van der Waals surface area contributed by atoms with Crippen molar-refractivity contribution in [3.05, 3.63) is 110 Å². The number of aliphatic hydroxyl groups excluding tert-OH is 1. The van der Waals surface area contributed by atoms with E-state index >= 15 is 0 Å². The molecule has 4 atom stereocenters. The summed E-state index contributed by atoms with van der Waals surface area (Å²) in [5.74, 6) is 0.369. The molecule has 2 aromatic heterocycles. The summed E-state index contributed by atoms with van der Waals surface area (Å²) >= 11 is 8.16. The van der Waals surface area contributed by atoms with Gasteiger partial charge < -0.3 is 25.5 Å². The maximum atomic E-state index is 14.3. The Balaban J connectivity index is 0.792. The van der Waals surface area contributed by atoms with Gasteiger partial charge in [-0.3, -0.25) is 23.7 Å². The Morgan fingerprint density at radius 3 is 2.44 bits per heavy atom. The van der Waals surface area contributed by atoms with E-state index in [4.69, 9.17) is 16.6 Å². The van der Waals surface area contributed by atoms with Crippen molar-refractivity contribution < 1.29 is 19.5 Å². The predicted octanol–water partition coefficient (Wildman–Crippen LogP) is 8.36. The van der Waals surface area contributed by atoms with Crippen molar-refractivity contribution >= 4 is 51.6 Å². The maximum Gasteiger partial charge on any atom is 0.282 e. The molecule has 12 nitrogen and oxygen atoms in total. The van der Waals surface area contributed by atoms with Gasteiger partial charge in [0.1, 0.15) is 17.9 Å². The Hall–Kier alpha value is -4.95. The van der Waals surface area contributed by atoms with Gasteiger partial charge in [0, 0.05) is 19.4 Å². The number of hydrogen-bond donors (Lipinski definition) is 3. The normalized spacial score (nSPS) is 20.6. The van der Waals surface area contributed by atoms with E-state index in [0.717, 1.165) is 96.9 Å². The highest BCUT2D eigenvalue weighted by Gasteiger charge is 2.47. The van der Waals surface area contributed by atoms with Crippen molar-refractivity contribution in [2.24, 2.45) is 5.41 Å². The van der Waals surface area contributed by atoms with Gasteiger partial charge in [-0.05, 0) is 117 Å². The molecule has 0 radical (unpaired) electrons. The van der Waals surface area contributed by atoms with E-state index in [-0.39, 0.29) is 54.1 Å². The number of piperidine rings is 1. The summed E-state index contributed by atoms with van der Waals surface area (Å²) in [4.78, 5) is 69.1. The predicted molar refractivity (Wildman–Crippen MR) is 260 cm³/mol. The fourth-order valence-corrected chi connectivity index (χ4v) is 12.2. The number of β-amino-alcohol motifs (C(OH)–C–C–N with tert-alkyl or cyclic N) is 1. The summed E-state index contributed by atoms with van der Waals surface area (Å²) in [6.45, 7) is 12.3. The summed E-state index contributed by atoms with van der Waals surface area (Å²) in [7, 11) is 0. The third-order valence-electron chi connectivity index (χ3n) is 14.8. The highest BCUT2D eigenvalue weighted by molar-refractivity contribution is 7.13. The minimum Gasteiger partial charge on any atom is -0.391 e. The van der Waals surface area contributed by atoms with E-state index in [2.05, 4.69) is 43.3 Å². The van der Waals surface area contributed by atoms with Gasteiger partial charge >= 0.3 is 0 Å². The van der Waals surface area contributed by atoms with Crippen LogP contribution in [0.2, 0.25) is 5.02 Å². The minimum absolute atomic E-state index is 0.0253. The summed E-state index contributed by atoms with van der Waals surface area (Å²) in [6.07, 6.45) is 7.57. The van der Waals surface area contributed by atoms with Crippen LogP contribution in [0.5, 0.6) is 0 Å². The molecule has 5 heterocycles. The highest BCUT2D eigenvalue weighted by atomic mass is 35.5. The molecule has 14 heteroatoms. The zero-order valence-electron chi connectivity index (χ0n) is 38.7. The van der Waals surface area contributed by atoms with E-state index in [1.54, 1.807) is 17.4 Å². The number of aliphatic hydroxyl groups is 1. The van der Waals surface area contributed by atoms with E-state index in [1.165, 1.54) is 22.4 Å². The smallest absolute Gasteiger partial charge is 0.282 e. The first kappa shape index (κ1) is 46.2.